The molecular formula is C25H18O5. The maximum atomic E-state index is 13.0. The Morgan fingerprint density at radius 1 is 0.933 bits per heavy atom. The molecule has 0 amide bonds. The molecule has 0 radical (unpaired) electrons. The first-order valence-corrected chi connectivity index (χ1v) is 9.32. The van der Waals surface area contributed by atoms with Gasteiger partial charge in [0.25, 0.3) is 0 Å². The maximum Gasteiger partial charge on any atom is 0.336 e. The zero-order chi connectivity index (χ0) is 21.3. The molecule has 4 rings (SSSR count). The third-order valence-electron chi connectivity index (χ3n) is 4.93. The van der Waals surface area contributed by atoms with Crippen molar-refractivity contribution >= 4 is 22.8 Å². The number of allylic oxidation sites excluding steroid dienone is 1. The number of carbonyl (C=O) groups is 1. The van der Waals surface area contributed by atoms with Crippen LogP contribution < -0.4 is 5.63 Å². The molecule has 0 aliphatic carbocycles. The van der Waals surface area contributed by atoms with Gasteiger partial charge in [-0.3, -0.25) is 4.79 Å². The summed E-state index contributed by atoms with van der Waals surface area (Å²) in [6.45, 7) is 1.50. The van der Waals surface area contributed by atoms with Gasteiger partial charge in [-0.25, -0.2) is 4.79 Å². The Bertz CT molecular complexity index is 1330. The van der Waals surface area contributed by atoms with Gasteiger partial charge >= 0.3 is 5.63 Å². The summed E-state index contributed by atoms with van der Waals surface area (Å²) in [5.74, 6) is -1.21. The summed E-state index contributed by atoms with van der Waals surface area (Å²) in [6, 6.07) is 19.5. The van der Waals surface area contributed by atoms with E-state index in [0.717, 1.165) is 5.56 Å². The van der Waals surface area contributed by atoms with Crippen LogP contribution >= 0.6 is 0 Å². The minimum absolute atomic E-state index is 0.130. The van der Waals surface area contributed by atoms with Crippen LogP contribution in [0.25, 0.3) is 28.2 Å². The van der Waals surface area contributed by atoms with Crippen molar-refractivity contribution in [1.29, 1.82) is 0 Å². The van der Waals surface area contributed by atoms with Crippen LogP contribution in [-0.2, 0) is 0 Å². The van der Waals surface area contributed by atoms with Gasteiger partial charge in [-0.05, 0) is 24.1 Å². The first-order chi connectivity index (χ1) is 14.5. The molecule has 2 N–H and O–H groups in total. The van der Waals surface area contributed by atoms with E-state index in [9.17, 15) is 19.8 Å². The summed E-state index contributed by atoms with van der Waals surface area (Å²) >= 11 is 0. The second kappa shape index (κ2) is 7.72. The van der Waals surface area contributed by atoms with Gasteiger partial charge in [0.2, 0.25) is 0 Å². The fourth-order valence-electron chi connectivity index (χ4n) is 3.39. The summed E-state index contributed by atoms with van der Waals surface area (Å²) in [4.78, 5) is 25.3. The predicted molar refractivity (Wildman–Crippen MR) is 116 cm³/mol. The first-order valence-electron chi connectivity index (χ1n) is 9.32. The molecule has 0 aliphatic rings. The van der Waals surface area contributed by atoms with Crippen LogP contribution in [0.3, 0.4) is 0 Å². The molecule has 1 aromatic heterocycles. The number of rotatable bonds is 4. The third-order valence-corrected chi connectivity index (χ3v) is 4.93. The Morgan fingerprint density at radius 3 is 2.23 bits per heavy atom. The van der Waals surface area contributed by atoms with Gasteiger partial charge in [0, 0.05) is 17.2 Å². The SMILES string of the molecule is Cc1c(O)c(C(=O)C=Cc2ccccc2)c2oc(=O)cc(-c3ccccc3)c2c1O. The lowest BCUT2D eigenvalue weighted by atomic mass is 9.94. The fourth-order valence-corrected chi connectivity index (χ4v) is 3.39. The zero-order valence-corrected chi connectivity index (χ0v) is 16.1. The van der Waals surface area contributed by atoms with Gasteiger partial charge in [-0.15, -0.1) is 0 Å². The molecule has 0 aliphatic heterocycles. The number of fused-ring (bicyclic) bond motifs is 1. The number of benzene rings is 3. The Morgan fingerprint density at radius 2 is 1.57 bits per heavy atom. The van der Waals surface area contributed by atoms with Crippen LogP contribution in [0.5, 0.6) is 11.5 Å². The first kappa shape index (κ1) is 19.2. The minimum atomic E-state index is -0.690. The molecule has 0 saturated heterocycles. The highest BCUT2D eigenvalue weighted by Crippen LogP contribution is 2.43. The van der Waals surface area contributed by atoms with Crippen molar-refractivity contribution in [2.45, 2.75) is 6.92 Å². The van der Waals surface area contributed by atoms with E-state index in [-0.39, 0.29) is 27.8 Å². The van der Waals surface area contributed by atoms with Gasteiger partial charge in [0.1, 0.15) is 17.1 Å². The van der Waals surface area contributed by atoms with Crippen LogP contribution in [0.15, 0.2) is 82.0 Å². The maximum absolute atomic E-state index is 13.0. The Kier molecular flexibility index (Phi) is 4.94. The number of hydrogen-bond donors (Lipinski definition) is 2. The normalized spacial score (nSPS) is 11.2. The molecule has 3 aromatic carbocycles. The standard InChI is InChI=1S/C25H18O5/c1-15-23(28)21-18(17-10-6-3-7-11-17)14-20(27)30-25(21)22(24(15)29)19(26)13-12-16-8-4-2-5-9-16/h2-14,28-29H,1H3. The van der Waals surface area contributed by atoms with Gasteiger partial charge in [-0.1, -0.05) is 66.7 Å². The van der Waals surface area contributed by atoms with E-state index in [4.69, 9.17) is 4.42 Å². The van der Waals surface area contributed by atoms with Crippen molar-refractivity contribution in [3.8, 4) is 22.6 Å². The van der Waals surface area contributed by atoms with Crippen molar-refractivity contribution < 1.29 is 19.4 Å². The molecule has 0 spiro atoms. The second-order valence-electron chi connectivity index (χ2n) is 6.85. The average Bonchev–Trinajstić information content (AvgIpc) is 2.77. The van der Waals surface area contributed by atoms with Crippen LogP contribution in [-0.4, -0.2) is 16.0 Å². The van der Waals surface area contributed by atoms with Crippen LogP contribution in [0, 0.1) is 6.92 Å². The summed E-state index contributed by atoms with van der Waals surface area (Å²) in [6.07, 6.45) is 2.91. The van der Waals surface area contributed by atoms with E-state index in [1.165, 1.54) is 19.1 Å². The molecule has 0 atom stereocenters. The molecular weight excluding hydrogens is 380 g/mol. The zero-order valence-electron chi connectivity index (χ0n) is 16.1. The lowest BCUT2D eigenvalue weighted by Crippen LogP contribution is -2.05. The van der Waals surface area contributed by atoms with Gasteiger partial charge in [-0.2, -0.15) is 0 Å². The third kappa shape index (κ3) is 3.37. The number of phenols is 2. The molecule has 5 nitrogen and oxygen atoms in total. The number of phenolic OH excluding ortho intramolecular Hbond substituents is 2. The minimum Gasteiger partial charge on any atom is -0.507 e. The van der Waals surface area contributed by atoms with Gasteiger partial charge < -0.3 is 14.6 Å². The van der Waals surface area contributed by atoms with Crippen molar-refractivity contribution in [3.05, 3.63) is 99.9 Å². The van der Waals surface area contributed by atoms with Crippen molar-refractivity contribution in [3.63, 3.8) is 0 Å². The van der Waals surface area contributed by atoms with Crippen LogP contribution in [0.1, 0.15) is 21.5 Å². The largest absolute Gasteiger partial charge is 0.507 e. The van der Waals surface area contributed by atoms with E-state index in [1.807, 2.05) is 36.4 Å². The highest BCUT2D eigenvalue weighted by molar-refractivity contribution is 6.18. The average molecular weight is 398 g/mol. The summed E-state index contributed by atoms with van der Waals surface area (Å²) in [5, 5.41) is 21.6. The highest BCUT2D eigenvalue weighted by Gasteiger charge is 2.25. The molecule has 1 heterocycles. The number of aromatic hydroxyl groups is 2. The molecule has 148 valence electrons. The lowest BCUT2D eigenvalue weighted by molar-refractivity contribution is 0.104. The molecule has 0 fully saturated rings. The number of hydrogen-bond acceptors (Lipinski definition) is 5. The molecule has 5 heteroatoms. The van der Waals surface area contributed by atoms with E-state index in [0.29, 0.717) is 11.1 Å². The topological polar surface area (TPSA) is 87.7 Å². The van der Waals surface area contributed by atoms with E-state index >= 15 is 0 Å². The monoisotopic (exact) mass is 398 g/mol. The molecule has 0 bridgehead atoms. The van der Waals surface area contributed by atoms with Crippen molar-refractivity contribution in [2.75, 3.05) is 0 Å². The van der Waals surface area contributed by atoms with Crippen molar-refractivity contribution in [2.24, 2.45) is 0 Å². The summed E-state index contributed by atoms with van der Waals surface area (Å²) < 4.78 is 5.31. The Labute approximate surface area is 172 Å². The molecule has 30 heavy (non-hydrogen) atoms. The number of carbonyl (C=O) groups excluding carboxylic acids is 1. The molecule has 0 saturated carbocycles. The van der Waals surface area contributed by atoms with E-state index < -0.39 is 17.2 Å². The fraction of sp³-hybridized carbons (Fsp3) is 0.0400. The predicted octanol–water partition coefficient (Wildman–Crippen LogP) is 5.08. The lowest BCUT2D eigenvalue weighted by Gasteiger charge is -2.14. The van der Waals surface area contributed by atoms with E-state index in [1.54, 1.807) is 30.3 Å². The van der Waals surface area contributed by atoms with Crippen LogP contribution in [0.2, 0.25) is 0 Å². The summed E-state index contributed by atoms with van der Waals surface area (Å²) in [7, 11) is 0. The van der Waals surface area contributed by atoms with Crippen molar-refractivity contribution in [1.82, 2.24) is 0 Å². The summed E-state index contributed by atoms with van der Waals surface area (Å²) in [5.41, 5.74) is 1.02. The van der Waals surface area contributed by atoms with Crippen LogP contribution in [0.4, 0.5) is 0 Å². The smallest absolute Gasteiger partial charge is 0.336 e. The van der Waals surface area contributed by atoms with Gasteiger partial charge in [0.05, 0.1) is 5.39 Å². The second-order valence-corrected chi connectivity index (χ2v) is 6.85. The highest BCUT2D eigenvalue weighted by atomic mass is 16.4. The Balaban J connectivity index is 1.99. The van der Waals surface area contributed by atoms with Gasteiger partial charge in [0.15, 0.2) is 11.4 Å². The van der Waals surface area contributed by atoms with E-state index in [2.05, 4.69) is 0 Å². The number of ketones is 1. The molecule has 4 aromatic rings. The Hall–Kier alpha value is -4.12. The quantitative estimate of drug-likeness (QED) is 0.284. The molecule has 0 unspecified atom stereocenters.